The molecule has 1 nitrogen and oxygen atoms in total. The third-order valence-electron chi connectivity index (χ3n) is 17.1. The normalized spacial score (nSPS) is 13.9. The van der Waals surface area contributed by atoms with Crippen LogP contribution in [-0.2, 0) is 30.4 Å². The maximum absolute atomic E-state index is 4.83. The molecule has 4 aromatic carbocycles. The van der Waals surface area contributed by atoms with E-state index in [0.29, 0.717) is 0 Å². The number of ether oxygens (including phenoxy) is 1. The fourth-order valence-corrected chi connectivity index (χ4v) is 26.8. The Labute approximate surface area is 495 Å². The quantitative estimate of drug-likeness (QED) is 0.0444. The molecule has 0 spiro atoms. The van der Waals surface area contributed by atoms with Gasteiger partial charge in [0.15, 0.2) is 0 Å². The Balaban J connectivity index is 0.000000234. The van der Waals surface area contributed by atoms with Crippen LogP contribution in [0.2, 0.25) is 29.6 Å². The third kappa shape index (κ3) is 17.0. The van der Waals surface area contributed by atoms with Gasteiger partial charge in [-0.2, -0.15) is 0 Å². The van der Waals surface area contributed by atoms with Crippen molar-refractivity contribution in [3.05, 3.63) is 81.5 Å². The van der Waals surface area contributed by atoms with Gasteiger partial charge >= 0.3 is 265 Å². The van der Waals surface area contributed by atoms with Crippen molar-refractivity contribution in [1.82, 2.24) is 0 Å². The van der Waals surface area contributed by atoms with Crippen LogP contribution >= 0.6 is 45.3 Å². The molecule has 8 rings (SSSR count). The largest absolute Gasteiger partial charge is 0.382 e. The SMILES string of the molecule is CCCCC(CC)Cc1cc2c(cc1CC(CC)CCCC)c1c[c]([Sn]([CH3])([CH3])[CH3])sc1c1s[c]([Sn]([CH3])([CH3])[CH3])cc21.CCCCC(CC)Cc1cc2c(cc1CC(CC)CCCC)c1ccsc1c1sccc21.CCOCC. The minimum atomic E-state index is -2.20. The van der Waals surface area contributed by atoms with E-state index < -0.39 is 36.8 Å². The van der Waals surface area contributed by atoms with Gasteiger partial charge in [-0.1, -0.05) is 91.2 Å². The first-order valence-corrected chi connectivity index (χ1v) is 54.7. The predicted octanol–water partition coefficient (Wildman–Crippen LogP) is 23.7. The number of thiophene rings is 4. The van der Waals surface area contributed by atoms with Gasteiger partial charge < -0.3 is 4.74 Å². The van der Waals surface area contributed by atoms with Gasteiger partial charge in [0.1, 0.15) is 0 Å². The molecule has 0 bridgehead atoms. The summed E-state index contributed by atoms with van der Waals surface area (Å²) in [6.45, 7) is 24.6. The molecule has 4 atom stereocenters. The van der Waals surface area contributed by atoms with Gasteiger partial charge in [-0.3, -0.25) is 0 Å². The number of hydrogen-bond acceptors (Lipinski definition) is 5. The van der Waals surface area contributed by atoms with Gasteiger partial charge in [0.25, 0.3) is 0 Å². The summed E-state index contributed by atoms with van der Waals surface area (Å²) in [7, 11) is 0. The van der Waals surface area contributed by atoms with Crippen LogP contribution in [0.15, 0.2) is 59.3 Å². The van der Waals surface area contributed by atoms with Crippen LogP contribution in [0.4, 0.5) is 0 Å². The number of benzene rings is 4. The van der Waals surface area contributed by atoms with E-state index in [1.807, 2.05) is 36.5 Å². The molecule has 424 valence electrons. The summed E-state index contributed by atoms with van der Waals surface area (Å²) < 4.78 is 14.5. The molecule has 7 heteroatoms. The smallest absolute Gasteiger partial charge is 0.0527 e. The van der Waals surface area contributed by atoms with Crippen molar-refractivity contribution in [1.29, 1.82) is 0 Å². The van der Waals surface area contributed by atoms with Crippen molar-refractivity contribution in [2.45, 2.75) is 227 Å². The topological polar surface area (TPSA) is 9.23 Å². The summed E-state index contributed by atoms with van der Waals surface area (Å²) in [5, 5.41) is 16.7. The first-order chi connectivity index (χ1) is 37.0. The summed E-state index contributed by atoms with van der Waals surface area (Å²) in [6, 6.07) is 20.7. The average molecular weight is 1330 g/mol. The maximum atomic E-state index is 4.83. The Morgan fingerprint density at radius 3 is 0.883 bits per heavy atom. The van der Waals surface area contributed by atoms with Crippen LogP contribution in [0.1, 0.15) is 194 Å². The van der Waals surface area contributed by atoms with E-state index in [1.54, 1.807) is 59.0 Å². The first-order valence-electron chi connectivity index (χ1n) is 31.4. The van der Waals surface area contributed by atoms with E-state index in [9.17, 15) is 0 Å². The third-order valence-corrected chi connectivity index (χ3v) is 40.4. The van der Waals surface area contributed by atoms with Crippen LogP contribution in [0.3, 0.4) is 0 Å². The van der Waals surface area contributed by atoms with Gasteiger partial charge in [-0.15, -0.1) is 22.7 Å². The second kappa shape index (κ2) is 31.5. The molecule has 0 saturated carbocycles. The van der Waals surface area contributed by atoms with E-state index >= 15 is 0 Å². The summed E-state index contributed by atoms with van der Waals surface area (Å²) in [5.74, 6) is 3.23. The van der Waals surface area contributed by atoms with E-state index in [2.05, 4.69) is 167 Å². The minimum Gasteiger partial charge on any atom is -0.382 e. The van der Waals surface area contributed by atoms with E-state index in [-0.39, 0.29) is 0 Å². The Kier molecular flexibility index (Phi) is 26.5. The van der Waals surface area contributed by atoms with Crippen molar-refractivity contribution >= 4 is 150 Å². The van der Waals surface area contributed by atoms with Gasteiger partial charge in [0.2, 0.25) is 0 Å². The second-order valence-electron chi connectivity index (χ2n) is 25.1. The number of fused-ring (bicyclic) bond motifs is 12. The number of hydrogen-bond donors (Lipinski definition) is 0. The molecule has 4 unspecified atom stereocenters. The Morgan fingerprint density at radius 1 is 0.364 bits per heavy atom. The van der Waals surface area contributed by atoms with Crippen LogP contribution in [0, 0.1) is 23.7 Å². The van der Waals surface area contributed by atoms with Crippen LogP contribution < -0.4 is 5.79 Å². The summed E-state index contributed by atoms with van der Waals surface area (Å²) >= 11 is 3.74. The van der Waals surface area contributed by atoms with Crippen molar-refractivity contribution < 1.29 is 4.74 Å². The molecule has 77 heavy (non-hydrogen) atoms. The molecule has 4 heterocycles. The summed E-state index contributed by atoms with van der Waals surface area (Å²) in [6.07, 6.45) is 26.4. The molecule has 0 fully saturated rings. The summed E-state index contributed by atoms with van der Waals surface area (Å²) in [5.41, 5.74) is 6.61. The molecule has 8 aromatic rings. The van der Waals surface area contributed by atoms with Crippen molar-refractivity contribution in [3.63, 3.8) is 0 Å². The monoisotopic (exact) mass is 1330 g/mol. The van der Waals surface area contributed by atoms with Crippen LogP contribution in [0.25, 0.3) is 61.9 Å². The van der Waals surface area contributed by atoms with Gasteiger partial charge in [0.05, 0.1) is 9.40 Å². The van der Waals surface area contributed by atoms with Crippen LogP contribution in [-0.4, -0.2) is 50.0 Å². The zero-order valence-electron chi connectivity index (χ0n) is 51.7. The number of unbranched alkanes of at least 4 members (excludes halogenated alkanes) is 4. The molecule has 4 aromatic heterocycles. The van der Waals surface area contributed by atoms with Gasteiger partial charge in [0, 0.05) is 24.0 Å². The van der Waals surface area contributed by atoms with Crippen molar-refractivity contribution in [2.75, 3.05) is 13.2 Å². The molecule has 0 aliphatic heterocycles. The van der Waals surface area contributed by atoms with Crippen molar-refractivity contribution in [2.24, 2.45) is 23.7 Å². The standard InChI is InChI=1S/C30H40S2.C30H38S2.C4H10O.6CH3.2Sn/c2*1-5-9-11-21(7-3)17-23-19-27-25-13-15-31-29(25)30-26(14-16-32-30)28(27)20-24(23)18-22(8-4)12-10-6-2;1-3-5-4-2;;;;;;;;/h13-16,19-22H,5-12,17-18H2,1-4H3;13-14,19-22H,5-12,17-18H2,1-4H3;3-4H2,1-2H3;6*1H3;;. The molecule has 0 aliphatic carbocycles. The first kappa shape index (κ1) is 65.0. The maximum Gasteiger partial charge on any atom is 0.0527 e. The molecule has 0 aliphatic rings. The Bertz CT molecular complexity index is 2840. The summed E-state index contributed by atoms with van der Waals surface area (Å²) in [4.78, 5) is 15.6. The molecule has 0 radical (unpaired) electrons. The molecule has 0 saturated heterocycles. The molecule has 0 N–H and O–H groups in total. The van der Waals surface area contributed by atoms with E-state index in [1.165, 1.54) is 159 Å². The zero-order valence-corrected chi connectivity index (χ0v) is 60.7. The van der Waals surface area contributed by atoms with Crippen molar-refractivity contribution in [3.8, 4) is 0 Å². The van der Waals surface area contributed by atoms with E-state index in [4.69, 9.17) is 4.74 Å². The number of rotatable bonds is 28. The van der Waals surface area contributed by atoms with Crippen LogP contribution in [0.5, 0.6) is 0 Å². The Morgan fingerprint density at radius 2 is 0.649 bits per heavy atom. The fraction of sp³-hybridized carbons (Fsp3) is 0.600. The zero-order chi connectivity index (χ0) is 55.9. The fourth-order valence-electron chi connectivity index (χ4n) is 11.9. The molecule has 0 amide bonds. The average Bonchev–Trinajstić information content (AvgIpc) is 4.31. The molecular formula is C70H106OS4Sn2. The van der Waals surface area contributed by atoms with Gasteiger partial charge in [-0.25, -0.2) is 0 Å². The second-order valence-corrected chi connectivity index (χ2v) is 59.9. The van der Waals surface area contributed by atoms with E-state index in [0.717, 1.165) is 36.9 Å². The molecular weight excluding hydrogens is 1220 g/mol. The predicted molar refractivity (Wildman–Crippen MR) is 366 cm³/mol. The minimum absolute atomic E-state index is 0.803. The van der Waals surface area contributed by atoms with Gasteiger partial charge in [-0.05, 0) is 83.3 Å². The Hall–Kier alpha value is -1.20.